The lowest BCUT2D eigenvalue weighted by Crippen LogP contribution is -2.57. The second kappa shape index (κ2) is 9.76. The Hall–Kier alpha value is -4.07. The number of aromatic nitrogens is 1. The predicted octanol–water partition coefficient (Wildman–Crippen LogP) is 6.12. The number of aliphatic hydroxyl groups excluding tert-OH is 1. The van der Waals surface area contributed by atoms with Crippen LogP contribution < -0.4 is 4.90 Å². The van der Waals surface area contributed by atoms with E-state index in [4.69, 9.17) is 4.42 Å². The number of hydrogen-bond donors (Lipinski definition) is 2. The summed E-state index contributed by atoms with van der Waals surface area (Å²) in [6.45, 7) is 0. The Morgan fingerprint density at radius 1 is 0.973 bits per heavy atom. The Bertz CT molecular complexity index is 1530. The summed E-state index contributed by atoms with van der Waals surface area (Å²) >= 11 is 1.45. The fourth-order valence-electron chi connectivity index (χ4n) is 4.74. The number of hydrogen-bond acceptors (Lipinski definition) is 6. The van der Waals surface area contributed by atoms with E-state index in [1.165, 1.54) is 11.8 Å². The van der Waals surface area contributed by atoms with E-state index in [1.54, 1.807) is 29.5 Å². The molecule has 6 rings (SSSR count). The topological polar surface area (TPSA) is 86.8 Å². The lowest BCUT2D eigenvalue weighted by Gasteiger charge is -2.47. The standard InChI is InChI=1S/C30H24N2O4S/c33-25-10-5-20(6-11-25)28-29(37-18-26(34)21-7-12-27-22(16-21)13-15-36-27)30(35)32(28)24-8-3-19(4-9-24)23-2-1-14-31-17-23/h1-17,26,28-29,33-34H,18H2/t26-,28+,29+/m0/s1. The fourth-order valence-corrected chi connectivity index (χ4v) is 6.04. The summed E-state index contributed by atoms with van der Waals surface area (Å²) in [6, 6.07) is 26.0. The molecule has 1 amide bonds. The first-order valence-corrected chi connectivity index (χ1v) is 13.0. The predicted molar refractivity (Wildman–Crippen MR) is 145 cm³/mol. The van der Waals surface area contributed by atoms with Crippen molar-refractivity contribution in [2.45, 2.75) is 17.4 Å². The lowest BCUT2D eigenvalue weighted by atomic mass is 9.92. The summed E-state index contributed by atoms with van der Waals surface area (Å²) in [7, 11) is 0. The molecule has 1 fully saturated rings. The van der Waals surface area contributed by atoms with Crippen LogP contribution in [0.3, 0.4) is 0 Å². The van der Waals surface area contributed by atoms with Crippen molar-refractivity contribution in [3.8, 4) is 16.9 Å². The van der Waals surface area contributed by atoms with Gasteiger partial charge in [0.2, 0.25) is 5.91 Å². The first-order chi connectivity index (χ1) is 18.1. The van der Waals surface area contributed by atoms with Crippen LogP contribution >= 0.6 is 11.8 Å². The maximum atomic E-state index is 13.4. The number of anilines is 1. The van der Waals surface area contributed by atoms with Crippen molar-refractivity contribution in [2.75, 3.05) is 10.7 Å². The number of amides is 1. The summed E-state index contributed by atoms with van der Waals surface area (Å²) in [5.74, 6) is 0.549. The Kier molecular flexibility index (Phi) is 6.16. The fraction of sp³-hybridized carbons (Fsp3) is 0.133. The van der Waals surface area contributed by atoms with E-state index >= 15 is 0 Å². The number of aliphatic hydroxyl groups is 1. The molecule has 3 aromatic carbocycles. The number of nitrogens with zero attached hydrogens (tertiary/aromatic N) is 2. The number of thioether (sulfide) groups is 1. The van der Waals surface area contributed by atoms with Gasteiger partial charge in [0, 0.05) is 29.2 Å². The monoisotopic (exact) mass is 508 g/mol. The minimum Gasteiger partial charge on any atom is -0.508 e. The third-order valence-corrected chi connectivity index (χ3v) is 8.04. The highest BCUT2D eigenvalue weighted by atomic mass is 32.2. The number of pyridine rings is 1. The average molecular weight is 509 g/mol. The molecule has 0 radical (unpaired) electrons. The summed E-state index contributed by atoms with van der Waals surface area (Å²) in [4.78, 5) is 19.4. The van der Waals surface area contributed by atoms with Crippen LogP contribution in [0.2, 0.25) is 0 Å². The molecule has 0 bridgehead atoms. The van der Waals surface area contributed by atoms with Gasteiger partial charge in [-0.25, -0.2) is 0 Å². The van der Waals surface area contributed by atoms with E-state index in [2.05, 4.69) is 4.98 Å². The van der Waals surface area contributed by atoms with Crippen LogP contribution in [0.15, 0.2) is 108 Å². The molecule has 6 nitrogen and oxygen atoms in total. The van der Waals surface area contributed by atoms with Crippen molar-refractivity contribution in [3.63, 3.8) is 0 Å². The summed E-state index contributed by atoms with van der Waals surface area (Å²) in [5.41, 5.74) is 5.33. The highest BCUT2D eigenvalue weighted by Gasteiger charge is 2.49. The number of aromatic hydroxyl groups is 1. The number of fused-ring (bicyclic) bond motifs is 1. The lowest BCUT2D eigenvalue weighted by molar-refractivity contribution is -0.123. The molecule has 2 aromatic heterocycles. The van der Waals surface area contributed by atoms with Crippen LogP contribution in [0.5, 0.6) is 5.75 Å². The van der Waals surface area contributed by atoms with E-state index in [9.17, 15) is 15.0 Å². The van der Waals surface area contributed by atoms with E-state index in [-0.39, 0.29) is 22.9 Å². The van der Waals surface area contributed by atoms with Gasteiger partial charge in [-0.1, -0.05) is 36.4 Å². The zero-order valence-electron chi connectivity index (χ0n) is 19.8. The summed E-state index contributed by atoms with van der Waals surface area (Å²) in [6.07, 6.45) is 4.46. The molecule has 2 N–H and O–H groups in total. The van der Waals surface area contributed by atoms with Gasteiger partial charge in [-0.3, -0.25) is 9.78 Å². The van der Waals surface area contributed by atoms with Crippen LogP contribution in [0.25, 0.3) is 22.1 Å². The van der Waals surface area contributed by atoms with Crippen LogP contribution in [0.4, 0.5) is 5.69 Å². The third kappa shape index (κ3) is 4.48. The van der Waals surface area contributed by atoms with Gasteiger partial charge in [-0.05, 0) is 70.8 Å². The van der Waals surface area contributed by atoms with E-state index in [0.29, 0.717) is 5.75 Å². The molecule has 5 aromatic rings. The van der Waals surface area contributed by atoms with E-state index in [0.717, 1.165) is 38.9 Å². The first-order valence-electron chi connectivity index (χ1n) is 12.0. The molecule has 0 unspecified atom stereocenters. The largest absolute Gasteiger partial charge is 0.508 e. The normalized spacial score (nSPS) is 18.1. The Labute approximate surface area is 218 Å². The van der Waals surface area contributed by atoms with Gasteiger partial charge in [-0.2, -0.15) is 0 Å². The van der Waals surface area contributed by atoms with E-state index < -0.39 is 6.10 Å². The highest BCUT2D eigenvalue weighted by molar-refractivity contribution is 8.00. The minimum atomic E-state index is -0.717. The summed E-state index contributed by atoms with van der Waals surface area (Å²) < 4.78 is 5.39. The van der Waals surface area contributed by atoms with Crippen LogP contribution in [0, 0.1) is 0 Å². The van der Waals surface area contributed by atoms with E-state index in [1.807, 2.05) is 79.0 Å². The molecule has 1 aliphatic heterocycles. The Morgan fingerprint density at radius 2 is 1.78 bits per heavy atom. The van der Waals surface area contributed by atoms with Gasteiger partial charge in [0.05, 0.1) is 18.4 Å². The van der Waals surface area contributed by atoms with Crippen LogP contribution in [-0.2, 0) is 4.79 Å². The molecule has 3 atom stereocenters. The molecule has 184 valence electrons. The molecular weight excluding hydrogens is 484 g/mol. The van der Waals surface area contributed by atoms with Gasteiger partial charge in [-0.15, -0.1) is 11.8 Å². The number of β-lactam (4-membered cyclic amide) rings is 1. The number of benzene rings is 3. The third-order valence-electron chi connectivity index (χ3n) is 6.72. The number of furan rings is 1. The smallest absolute Gasteiger partial charge is 0.243 e. The van der Waals surface area contributed by atoms with Crippen molar-refractivity contribution < 1.29 is 19.4 Å². The zero-order chi connectivity index (χ0) is 25.4. The van der Waals surface area contributed by atoms with Gasteiger partial charge in [0.15, 0.2) is 0 Å². The van der Waals surface area contributed by atoms with Crippen molar-refractivity contribution >= 4 is 34.3 Å². The maximum Gasteiger partial charge on any atom is 0.243 e. The zero-order valence-corrected chi connectivity index (χ0v) is 20.6. The molecule has 7 heteroatoms. The minimum absolute atomic E-state index is 0.00492. The molecule has 1 saturated heterocycles. The molecule has 0 saturated carbocycles. The molecule has 0 aliphatic carbocycles. The SMILES string of the molecule is O=C1[C@H](SC[C@H](O)c2ccc3occc3c2)[C@@H](c2ccc(O)cc2)N1c1ccc(-c2cccnc2)cc1. The Balaban J connectivity index is 1.23. The van der Waals surface area contributed by atoms with Crippen molar-refractivity contribution in [1.29, 1.82) is 0 Å². The van der Waals surface area contributed by atoms with Gasteiger partial charge in [0.25, 0.3) is 0 Å². The second-order valence-electron chi connectivity index (χ2n) is 9.02. The number of carbonyl (C=O) groups is 1. The molecule has 1 aliphatic rings. The van der Waals surface area contributed by atoms with Crippen molar-refractivity contribution in [3.05, 3.63) is 115 Å². The Morgan fingerprint density at radius 3 is 2.54 bits per heavy atom. The van der Waals surface area contributed by atoms with Gasteiger partial charge in [0.1, 0.15) is 16.6 Å². The molecule has 3 heterocycles. The molecule has 37 heavy (non-hydrogen) atoms. The maximum absolute atomic E-state index is 13.4. The first kappa shape index (κ1) is 23.3. The molecule has 0 spiro atoms. The van der Waals surface area contributed by atoms with Crippen LogP contribution in [-0.4, -0.2) is 32.1 Å². The number of rotatable bonds is 7. The van der Waals surface area contributed by atoms with Crippen molar-refractivity contribution in [2.24, 2.45) is 0 Å². The van der Waals surface area contributed by atoms with Crippen molar-refractivity contribution in [1.82, 2.24) is 4.98 Å². The number of phenolic OH excluding ortho intramolecular Hbond substituents is 1. The molecular formula is C30H24N2O4S. The van der Waals surface area contributed by atoms with Gasteiger partial charge >= 0.3 is 0 Å². The highest BCUT2D eigenvalue weighted by Crippen LogP contribution is 2.46. The van der Waals surface area contributed by atoms with Gasteiger partial charge < -0.3 is 19.5 Å². The quantitative estimate of drug-likeness (QED) is 0.258. The number of phenols is 1. The van der Waals surface area contributed by atoms with Crippen LogP contribution in [0.1, 0.15) is 23.3 Å². The second-order valence-corrected chi connectivity index (χ2v) is 10.2. The summed E-state index contributed by atoms with van der Waals surface area (Å²) in [5, 5.41) is 21.3. The average Bonchev–Trinajstić information content (AvgIpc) is 3.41. The number of carbonyl (C=O) groups excluding carboxylic acids is 1.